The Labute approximate surface area is 389 Å². The van der Waals surface area contributed by atoms with Gasteiger partial charge in [-0.1, -0.05) is 209 Å². The molecule has 1 amide bonds. The monoisotopic (exact) mass is 922 g/mol. The number of aliphatic hydroxyl groups excluding tert-OH is 1. The lowest BCUT2D eigenvalue weighted by molar-refractivity contribution is -0.147. The predicted octanol–water partition coefficient (Wildman–Crippen LogP) is 13.9. The van der Waals surface area contributed by atoms with Gasteiger partial charge in [-0.2, -0.15) is 0 Å². The Morgan fingerprint density at radius 2 is 0.906 bits per heavy atom. The number of esters is 1. The summed E-state index contributed by atoms with van der Waals surface area (Å²) in [6.45, 7) is 2.49. The van der Waals surface area contributed by atoms with Crippen LogP contribution in [0.3, 0.4) is 0 Å². The van der Waals surface area contributed by atoms with Crippen LogP contribution in [0.25, 0.3) is 0 Å². The van der Waals surface area contributed by atoms with Crippen molar-refractivity contribution in [3.8, 4) is 0 Å². The van der Waals surface area contributed by atoms with Gasteiger partial charge in [0.05, 0.1) is 13.2 Å². The average molecular weight is 922 g/mol. The van der Waals surface area contributed by atoms with Gasteiger partial charge < -0.3 is 25.2 Å². The number of hydrogen-bond acceptors (Lipinski definition) is 8. The number of allylic oxidation sites excluding steroid dienone is 10. The van der Waals surface area contributed by atoms with Crippen molar-refractivity contribution in [1.82, 2.24) is 5.32 Å². The maximum absolute atomic E-state index is 12.3. The van der Waals surface area contributed by atoms with Gasteiger partial charge in [0, 0.05) is 12.8 Å². The number of amides is 1. The summed E-state index contributed by atoms with van der Waals surface area (Å²) in [6, 6.07) is -1.57. The van der Waals surface area contributed by atoms with Gasteiger partial charge in [-0.15, -0.1) is 0 Å². The molecule has 64 heavy (non-hydrogen) atoms. The summed E-state index contributed by atoms with van der Waals surface area (Å²) in [6.07, 6.45) is 55.3. The number of carboxylic acids is 1. The third kappa shape index (κ3) is 45.7. The van der Waals surface area contributed by atoms with Crippen molar-refractivity contribution in [3.63, 3.8) is 0 Å². The van der Waals surface area contributed by atoms with E-state index in [2.05, 4.69) is 79.9 Å². The Hall–Kier alpha value is -2.82. The van der Waals surface area contributed by atoms with E-state index in [9.17, 15) is 34.1 Å². The molecule has 0 aromatic rings. The Morgan fingerprint density at radius 3 is 1.36 bits per heavy atom. The van der Waals surface area contributed by atoms with Gasteiger partial charge in [-0.05, 0) is 57.8 Å². The van der Waals surface area contributed by atoms with Crippen molar-refractivity contribution in [2.45, 2.75) is 231 Å². The topological polar surface area (TPSA) is 169 Å². The van der Waals surface area contributed by atoms with Crippen molar-refractivity contribution in [2.75, 3.05) is 19.8 Å². The molecular formula is C52H92NO10P. The van der Waals surface area contributed by atoms with Crippen molar-refractivity contribution in [2.24, 2.45) is 0 Å². The van der Waals surface area contributed by atoms with E-state index < -0.39 is 57.6 Å². The number of carboxylic acid groups (broad SMARTS) is 1. The van der Waals surface area contributed by atoms with Gasteiger partial charge in [0.15, 0.2) is 6.04 Å². The van der Waals surface area contributed by atoms with Crippen LogP contribution in [0.5, 0.6) is 0 Å². The van der Waals surface area contributed by atoms with E-state index in [1.165, 1.54) is 109 Å². The largest absolute Gasteiger partial charge is 0.480 e. The molecule has 0 aromatic heterocycles. The quantitative estimate of drug-likeness (QED) is 0.0199. The van der Waals surface area contributed by atoms with Gasteiger partial charge in [-0.3, -0.25) is 18.6 Å². The molecule has 0 fully saturated rings. The molecule has 0 heterocycles. The van der Waals surface area contributed by atoms with Crippen LogP contribution in [0.15, 0.2) is 60.8 Å². The van der Waals surface area contributed by atoms with E-state index >= 15 is 0 Å². The highest BCUT2D eigenvalue weighted by Gasteiger charge is 2.28. The number of carbonyl (C=O) groups is 3. The van der Waals surface area contributed by atoms with Crippen LogP contribution in [0.1, 0.15) is 219 Å². The Kier molecular flexibility index (Phi) is 44.6. The van der Waals surface area contributed by atoms with E-state index in [0.717, 1.165) is 70.6 Å². The molecule has 0 aliphatic rings. The highest BCUT2D eigenvalue weighted by atomic mass is 31.2. The highest BCUT2D eigenvalue weighted by molar-refractivity contribution is 7.47. The number of aliphatic hydroxyl groups is 1. The number of ether oxygens (including phenoxy) is 1. The van der Waals surface area contributed by atoms with Crippen LogP contribution >= 0.6 is 7.82 Å². The molecule has 0 spiro atoms. The van der Waals surface area contributed by atoms with Crippen LogP contribution in [0.2, 0.25) is 0 Å². The highest BCUT2D eigenvalue weighted by Crippen LogP contribution is 2.43. The number of rotatable bonds is 47. The molecule has 0 rings (SSSR count). The van der Waals surface area contributed by atoms with E-state index in [1.54, 1.807) is 0 Å². The second-order valence-electron chi connectivity index (χ2n) is 17.0. The number of phosphoric ester groups is 1. The molecule has 0 saturated carbocycles. The molecule has 0 bridgehead atoms. The minimum absolute atomic E-state index is 0.104. The fourth-order valence-electron chi connectivity index (χ4n) is 6.93. The van der Waals surface area contributed by atoms with Crippen LogP contribution < -0.4 is 5.32 Å². The fourth-order valence-corrected chi connectivity index (χ4v) is 7.70. The van der Waals surface area contributed by atoms with Crippen molar-refractivity contribution in [3.05, 3.63) is 60.8 Å². The lowest BCUT2D eigenvalue weighted by Gasteiger charge is -2.18. The number of phosphoric acid groups is 1. The Morgan fingerprint density at radius 1 is 0.516 bits per heavy atom. The summed E-state index contributed by atoms with van der Waals surface area (Å²) < 4.78 is 26.9. The zero-order valence-electron chi connectivity index (χ0n) is 40.3. The number of carbonyl (C=O) groups excluding carboxylic acids is 2. The average Bonchev–Trinajstić information content (AvgIpc) is 3.27. The molecule has 4 N–H and O–H groups in total. The van der Waals surface area contributed by atoms with Crippen molar-refractivity contribution >= 4 is 25.7 Å². The lowest BCUT2D eigenvalue weighted by Crippen LogP contribution is -2.43. The van der Waals surface area contributed by atoms with Crippen LogP contribution in [0.4, 0.5) is 0 Å². The second-order valence-corrected chi connectivity index (χ2v) is 18.4. The third-order valence-electron chi connectivity index (χ3n) is 10.8. The minimum atomic E-state index is -4.77. The first-order valence-electron chi connectivity index (χ1n) is 25.3. The number of hydrogen-bond donors (Lipinski definition) is 4. The van der Waals surface area contributed by atoms with Crippen molar-refractivity contribution in [1.29, 1.82) is 0 Å². The summed E-state index contributed by atoms with van der Waals surface area (Å²) in [5.74, 6) is -2.41. The van der Waals surface area contributed by atoms with Gasteiger partial charge >= 0.3 is 19.8 Å². The normalized spacial score (nSPS) is 14.1. The van der Waals surface area contributed by atoms with Crippen molar-refractivity contribution < 1.29 is 47.8 Å². The second kappa shape index (κ2) is 46.7. The molecule has 0 radical (unpaired) electrons. The summed E-state index contributed by atoms with van der Waals surface area (Å²) >= 11 is 0. The summed E-state index contributed by atoms with van der Waals surface area (Å²) in [7, 11) is -4.77. The Balaban J connectivity index is 3.87. The van der Waals surface area contributed by atoms with Crippen LogP contribution in [-0.2, 0) is 32.7 Å². The first-order chi connectivity index (χ1) is 31.1. The SMILES string of the molecule is CC/C=C\C/C=C\C/C=C\C/C=C\C/C=C\CCCCCC(=O)NC(COP(=O)(O)OCC(O)COC(=O)CCCCCCCCCCCCCCCCCCCCCCC)C(=O)O. The predicted molar refractivity (Wildman–Crippen MR) is 263 cm³/mol. The zero-order chi connectivity index (χ0) is 47.0. The smallest absolute Gasteiger partial charge is 0.472 e. The fraction of sp³-hybridized carbons (Fsp3) is 0.750. The van der Waals surface area contributed by atoms with E-state index in [4.69, 9.17) is 13.8 Å². The summed E-state index contributed by atoms with van der Waals surface area (Å²) in [4.78, 5) is 46.1. The molecule has 370 valence electrons. The lowest BCUT2D eigenvalue weighted by atomic mass is 10.0. The minimum Gasteiger partial charge on any atom is -0.480 e. The number of unbranched alkanes of at least 4 members (excludes halogenated alkanes) is 23. The summed E-state index contributed by atoms with van der Waals surface area (Å²) in [5.41, 5.74) is 0. The molecule has 3 unspecified atom stereocenters. The van der Waals surface area contributed by atoms with E-state index in [0.29, 0.717) is 12.8 Å². The molecular weight excluding hydrogens is 830 g/mol. The van der Waals surface area contributed by atoms with E-state index in [1.807, 2.05) is 0 Å². The van der Waals surface area contributed by atoms with Gasteiger partial charge in [0.25, 0.3) is 0 Å². The van der Waals surface area contributed by atoms with Gasteiger partial charge in [0.1, 0.15) is 12.7 Å². The van der Waals surface area contributed by atoms with Gasteiger partial charge in [-0.25, -0.2) is 9.36 Å². The number of nitrogens with one attached hydrogen (secondary N) is 1. The van der Waals surface area contributed by atoms with Crippen LogP contribution in [-0.4, -0.2) is 64.9 Å². The van der Waals surface area contributed by atoms with Gasteiger partial charge in [0.2, 0.25) is 5.91 Å². The van der Waals surface area contributed by atoms with E-state index in [-0.39, 0.29) is 12.8 Å². The molecule has 0 aliphatic heterocycles. The molecule has 0 aromatic carbocycles. The molecule has 12 heteroatoms. The first-order valence-corrected chi connectivity index (χ1v) is 26.8. The molecule has 3 atom stereocenters. The zero-order valence-corrected chi connectivity index (χ0v) is 41.2. The third-order valence-corrected chi connectivity index (χ3v) is 11.8. The molecule has 11 nitrogen and oxygen atoms in total. The Bertz CT molecular complexity index is 1310. The molecule has 0 saturated heterocycles. The van der Waals surface area contributed by atoms with Crippen LogP contribution in [0, 0.1) is 0 Å². The number of aliphatic carboxylic acids is 1. The summed E-state index contributed by atoms with van der Waals surface area (Å²) in [5, 5.41) is 21.9. The molecule has 0 aliphatic carbocycles. The maximum atomic E-state index is 12.3. The standard InChI is InChI=1S/C52H92NO10P/c1-3-5-7-9-11-13-15-17-19-21-23-24-26-28-30-32-34-36-38-40-42-44-51(56)61-45-48(54)46-62-64(59,60)63-47-49(52(57)58)53-50(55)43-41-39-37-35-33-31-29-27-25-22-20-18-16-14-12-10-8-6-4-2/h6,8,12,14,18,20,25,27,31,33,48-49,54H,3-5,7,9-11,13,15-17,19,21-24,26,28-30,32,34-47H2,1-2H3,(H,53,55)(H,57,58)(H,59,60)/b8-6-,14-12-,20-18-,27-25-,33-31-. The first kappa shape index (κ1) is 61.2. The maximum Gasteiger partial charge on any atom is 0.472 e.